The van der Waals surface area contributed by atoms with E-state index in [1.807, 2.05) is 35.0 Å². The molecule has 1 aliphatic rings. The van der Waals surface area contributed by atoms with Crippen LogP contribution in [0, 0.1) is 5.82 Å². The molecule has 0 saturated heterocycles. The smallest absolute Gasteiger partial charge is 0.316 e. The van der Waals surface area contributed by atoms with Gasteiger partial charge in [0.25, 0.3) is 0 Å². The number of fused-ring (bicyclic) bond motifs is 1. The van der Waals surface area contributed by atoms with Gasteiger partial charge in [0, 0.05) is 10.9 Å². The summed E-state index contributed by atoms with van der Waals surface area (Å²) in [4.78, 5) is 8.72. The van der Waals surface area contributed by atoms with Crippen LogP contribution in [0.4, 0.5) is 4.39 Å². The molecule has 1 unspecified atom stereocenters. The summed E-state index contributed by atoms with van der Waals surface area (Å²) in [6.45, 7) is 0.206. The number of hydrogen-bond donors (Lipinski definition) is 1. The average Bonchev–Trinajstić information content (AvgIpc) is 3.30. The highest BCUT2D eigenvalue weighted by Crippen LogP contribution is 2.36. The molecule has 1 saturated carbocycles. The Hall–Kier alpha value is -2.01. The molecule has 0 bridgehead atoms. The van der Waals surface area contributed by atoms with Gasteiger partial charge >= 0.3 is 8.25 Å². The van der Waals surface area contributed by atoms with E-state index in [9.17, 15) is 8.96 Å². The molecule has 1 atom stereocenters. The van der Waals surface area contributed by atoms with Gasteiger partial charge < -0.3 is 9.42 Å². The molecule has 5 nitrogen and oxygen atoms in total. The number of halogens is 1. The average molecular weight is 388 g/mol. The largest absolute Gasteiger partial charge is 0.326 e. The molecule has 27 heavy (non-hydrogen) atoms. The first kappa shape index (κ1) is 18.4. The fourth-order valence-electron chi connectivity index (χ4n) is 3.86. The predicted molar refractivity (Wildman–Crippen MR) is 104 cm³/mol. The van der Waals surface area contributed by atoms with Crippen molar-refractivity contribution < 1.29 is 18.4 Å². The highest BCUT2D eigenvalue weighted by Gasteiger charge is 2.23. The number of para-hydroxylation sites is 1. The Morgan fingerprint density at radius 1 is 1.19 bits per heavy atom. The zero-order valence-electron chi connectivity index (χ0n) is 14.9. The van der Waals surface area contributed by atoms with Gasteiger partial charge in [0.05, 0.1) is 12.6 Å². The van der Waals surface area contributed by atoms with Crippen LogP contribution in [0.3, 0.4) is 0 Å². The molecule has 1 fully saturated rings. The first-order valence-corrected chi connectivity index (χ1v) is 10.5. The summed E-state index contributed by atoms with van der Waals surface area (Å²) < 4.78 is 31.8. The Morgan fingerprint density at radius 3 is 2.63 bits per heavy atom. The fraction of sp³-hybridized carbons (Fsp3) is 0.350. The van der Waals surface area contributed by atoms with Crippen molar-refractivity contribution in [2.75, 3.05) is 6.61 Å². The first-order chi connectivity index (χ1) is 13.1. The van der Waals surface area contributed by atoms with E-state index in [1.165, 1.54) is 6.07 Å². The second-order valence-corrected chi connectivity index (χ2v) is 7.75. The van der Waals surface area contributed by atoms with Crippen LogP contribution >= 0.6 is 8.25 Å². The lowest BCUT2D eigenvalue weighted by atomic mass is 10.0. The number of nitrogens with zero attached hydrogens (tertiary/aromatic N) is 2. The maximum atomic E-state index is 14.6. The molecule has 1 aromatic heterocycles. The normalized spacial score (nSPS) is 16.2. The summed E-state index contributed by atoms with van der Waals surface area (Å²) >= 11 is 0. The minimum Gasteiger partial charge on any atom is -0.326 e. The summed E-state index contributed by atoms with van der Waals surface area (Å²) in [7, 11) is -2.89. The third kappa shape index (κ3) is 3.84. The van der Waals surface area contributed by atoms with Gasteiger partial charge in [-0.2, -0.15) is 5.10 Å². The van der Waals surface area contributed by atoms with Crippen molar-refractivity contribution in [1.82, 2.24) is 9.78 Å². The summed E-state index contributed by atoms with van der Waals surface area (Å²) in [5.41, 5.74) is 3.32. The minimum atomic E-state index is -2.89. The van der Waals surface area contributed by atoms with Crippen LogP contribution in [0.15, 0.2) is 42.5 Å². The molecule has 7 heteroatoms. The molecule has 2 aromatic carbocycles. The molecule has 0 aliphatic heterocycles. The van der Waals surface area contributed by atoms with Crippen molar-refractivity contribution in [3.05, 3.63) is 53.8 Å². The summed E-state index contributed by atoms with van der Waals surface area (Å²) in [6, 6.07) is 13.2. The van der Waals surface area contributed by atoms with Gasteiger partial charge in [-0.1, -0.05) is 49.2 Å². The standard InChI is InChI=1S/C20H22FN2O3P/c21-18-7-3-6-17-19(22-23(20(17)18)16-4-1-2-5-16)15-10-8-14(9-11-15)12-13-26-27(24)25/h3,6-11,16,27H,1-2,4-5,12-13H2,(H,24,25). The second-order valence-electron chi connectivity index (χ2n) is 6.93. The highest BCUT2D eigenvalue weighted by atomic mass is 31.1. The molecule has 0 amide bonds. The number of aromatic nitrogens is 2. The van der Waals surface area contributed by atoms with E-state index in [1.54, 1.807) is 6.07 Å². The molecule has 4 rings (SSSR count). The Morgan fingerprint density at radius 2 is 1.93 bits per heavy atom. The molecular formula is C20H22FN2O3P. The number of hydrogen-bond acceptors (Lipinski definition) is 3. The lowest BCUT2D eigenvalue weighted by Crippen LogP contribution is -2.07. The molecule has 1 N–H and O–H groups in total. The van der Waals surface area contributed by atoms with Crippen LogP contribution in [0.5, 0.6) is 0 Å². The molecule has 0 spiro atoms. The maximum Gasteiger partial charge on any atom is 0.316 e. The topological polar surface area (TPSA) is 64.3 Å². The summed E-state index contributed by atoms with van der Waals surface area (Å²) in [5, 5.41) is 5.63. The Balaban J connectivity index is 1.67. The number of rotatable bonds is 6. The lowest BCUT2D eigenvalue weighted by Gasteiger charge is -2.11. The van der Waals surface area contributed by atoms with Crippen LogP contribution in [-0.4, -0.2) is 21.3 Å². The predicted octanol–water partition coefficient (Wildman–Crippen LogP) is 4.90. The Bertz CT molecular complexity index is 965. The third-order valence-corrected chi connectivity index (χ3v) is 5.64. The van der Waals surface area contributed by atoms with E-state index in [-0.39, 0.29) is 18.5 Å². The van der Waals surface area contributed by atoms with Gasteiger partial charge in [-0.25, -0.2) is 4.39 Å². The van der Waals surface area contributed by atoms with E-state index in [4.69, 9.17) is 14.5 Å². The number of benzene rings is 2. The van der Waals surface area contributed by atoms with Gasteiger partial charge in [-0.05, 0) is 30.9 Å². The monoisotopic (exact) mass is 388 g/mol. The fourth-order valence-corrected chi connectivity index (χ4v) is 4.14. The quantitative estimate of drug-likeness (QED) is 0.610. The molecular weight excluding hydrogens is 366 g/mol. The van der Waals surface area contributed by atoms with Gasteiger partial charge in [0.1, 0.15) is 17.0 Å². The van der Waals surface area contributed by atoms with E-state index in [0.29, 0.717) is 11.9 Å². The zero-order valence-corrected chi connectivity index (χ0v) is 15.9. The van der Waals surface area contributed by atoms with Crippen LogP contribution < -0.4 is 0 Å². The SMILES string of the molecule is O=[PH](O)OCCc1ccc(-c2nn(C3CCCC3)c3c(F)cccc23)cc1. The summed E-state index contributed by atoms with van der Waals surface area (Å²) in [6.07, 6.45) is 4.96. The van der Waals surface area contributed by atoms with Gasteiger partial charge in [-0.15, -0.1) is 0 Å². The van der Waals surface area contributed by atoms with Crippen LogP contribution in [0.2, 0.25) is 0 Å². The minimum absolute atomic E-state index is 0.206. The molecule has 1 aliphatic carbocycles. The molecule has 0 radical (unpaired) electrons. The van der Waals surface area contributed by atoms with E-state index in [0.717, 1.165) is 47.9 Å². The Labute approximate surface area is 157 Å². The van der Waals surface area contributed by atoms with Crippen molar-refractivity contribution in [2.45, 2.75) is 38.1 Å². The van der Waals surface area contributed by atoms with Crippen molar-refractivity contribution >= 4 is 19.2 Å². The first-order valence-electron chi connectivity index (χ1n) is 9.25. The maximum absolute atomic E-state index is 14.6. The van der Waals surface area contributed by atoms with Crippen molar-refractivity contribution in [3.63, 3.8) is 0 Å². The second kappa shape index (κ2) is 7.93. The van der Waals surface area contributed by atoms with Crippen molar-refractivity contribution in [1.29, 1.82) is 0 Å². The molecule has 1 heterocycles. The van der Waals surface area contributed by atoms with E-state index in [2.05, 4.69) is 0 Å². The van der Waals surface area contributed by atoms with Crippen molar-refractivity contribution in [2.24, 2.45) is 0 Å². The van der Waals surface area contributed by atoms with E-state index < -0.39 is 8.25 Å². The highest BCUT2D eigenvalue weighted by molar-refractivity contribution is 7.32. The third-order valence-electron chi connectivity index (χ3n) is 5.19. The lowest BCUT2D eigenvalue weighted by molar-refractivity contribution is 0.285. The molecule has 142 valence electrons. The van der Waals surface area contributed by atoms with Gasteiger partial charge in [0.2, 0.25) is 0 Å². The summed E-state index contributed by atoms with van der Waals surface area (Å²) in [5.74, 6) is -0.230. The van der Waals surface area contributed by atoms with Crippen molar-refractivity contribution in [3.8, 4) is 11.3 Å². The van der Waals surface area contributed by atoms with Crippen LogP contribution in [0.25, 0.3) is 22.2 Å². The zero-order chi connectivity index (χ0) is 18.8. The van der Waals surface area contributed by atoms with E-state index >= 15 is 0 Å². The van der Waals surface area contributed by atoms with Crippen LogP contribution in [0.1, 0.15) is 37.3 Å². The van der Waals surface area contributed by atoms with Gasteiger partial charge in [0.15, 0.2) is 0 Å². The van der Waals surface area contributed by atoms with Crippen LogP contribution in [-0.2, 0) is 15.5 Å². The van der Waals surface area contributed by atoms with Gasteiger partial charge in [-0.3, -0.25) is 9.25 Å². The molecule has 3 aromatic rings. The Kier molecular flexibility index (Phi) is 5.39.